The monoisotopic (exact) mass is 277 g/mol. The van der Waals surface area contributed by atoms with Gasteiger partial charge in [0.25, 0.3) is 0 Å². The standard InChI is InChI=1S/C12H14Cl2FNO/c13-9-5-8(7-16-10-1-2-10)12(11(14)6-9)17-4-3-15/h5-6,10,16H,1-4,7H2. The lowest BCUT2D eigenvalue weighted by Crippen LogP contribution is -2.16. The highest BCUT2D eigenvalue weighted by atomic mass is 35.5. The van der Waals surface area contributed by atoms with Crippen molar-refractivity contribution in [3.05, 3.63) is 27.7 Å². The molecule has 0 amide bonds. The van der Waals surface area contributed by atoms with Crippen LogP contribution in [0.1, 0.15) is 18.4 Å². The summed E-state index contributed by atoms with van der Waals surface area (Å²) in [4.78, 5) is 0. The average Bonchev–Trinajstić information content (AvgIpc) is 3.08. The van der Waals surface area contributed by atoms with Crippen LogP contribution in [-0.4, -0.2) is 19.3 Å². The Balaban J connectivity index is 2.12. The van der Waals surface area contributed by atoms with Crippen molar-refractivity contribution in [3.63, 3.8) is 0 Å². The smallest absolute Gasteiger partial charge is 0.142 e. The first-order valence-corrected chi connectivity index (χ1v) is 6.36. The van der Waals surface area contributed by atoms with Gasteiger partial charge in [-0.1, -0.05) is 23.2 Å². The third-order valence-corrected chi connectivity index (χ3v) is 3.07. The van der Waals surface area contributed by atoms with Crippen molar-refractivity contribution in [1.29, 1.82) is 0 Å². The first-order valence-electron chi connectivity index (χ1n) is 5.61. The quantitative estimate of drug-likeness (QED) is 0.858. The van der Waals surface area contributed by atoms with Gasteiger partial charge in [0.1, 0.15) is 19.0 Å². The molecule has 0 bridgehead atoms. The van der Waals surface area contributed by atoms with E-state index in [2.05, 4.69) is 5.32 Å². The normalized spacial score (nSPS) is 15.0. The Morgan fingerprint density at radius 3 is 2.76 bits per heavy atom. The fraction of sp³-hybridized carbons (Fsp3) is 0.500. The molecule has 0 atom stereocenters. The second-order valence-corrected chi connectivity index (χ2v) is 4.91. The van der Waals surface area contributed by atoms with Crippen LogP contribution in [0.4, 0.5) is 4.39 Å². The Hall–Kier alpha value is -0.510. The summed E-state index contributed by atoms with van der Waals surface area (Å²) in [7, 11) is 0. The molecule has 0 aliphatic heterocycles. The Kier molecular flexibility index (Phi) is 4.48. The molecule has 1 fully saturated rings. The van der Waals surface area contributed by atoms with Crippen molar-refractivity contribution in [3.8, 4) is 5.75 Å². The Morgan fingerprint density at radius 2 is 2.12 bits per heavy atom. The lowest BCUT2D eigenvalue weighted by molar-refractivity contribution is 0.270. The van der Waals surface area contributed by atoms with Gasteiger partial charge in [-0.3, -0.25) is 0 Å². The van der Waals surface area contributed by atoms with Crippen molar-refractivity contribution < 1.29 is 9.13 Å². The molecule has 2 nitrogen and oxygen atoms in total. The van der Waals surface area contributed by atoms with Crippen LogP contribution >= 0.6 is 23.2 Å². The van der Waals surface area contributed by atoms with Crippen molar-refractivity contribution in [2.75, 3.05) is 13.3 Å². The van der Waals surface area contributed by atoms with Gasteiger partial charge in [-0.25, -0.2) is 4.39 Å². The molecule has 1 saturated carbocycles. The molecular weight excluding hydrogens is 264 g/mol. The molecule has 2 rings (SSSR count). The van der Waals surface area contributed by atoms with Crippen molar-refractivity contribution >= 4 is 23.2 Å². The van der Waals surface area contributed by atoms with Gasteiger partial charge in [-0.05, 0) is 25.0 Å². The molecule has 17 heavy (non-hydrogen) atoms. The number of rotatable bonds is 6. The SMILES string of the molecule is FCCOc1c(Cl)cc(Cl)cc1CNC1CC1. The van der Waals surface area contributed by atoms with Gasteiger partial charge in [-0.2, -0.15) is 0 Å². The second kappa shape index (κ2) is 5.89. The van der Waals surface area contributed by atoms with E-state index in [4.69, 9.17) is 27.9 Å². The van der Waals surface area contributed by atoms with Gasteiger partial charge in [0, 0.05) is 23.2 Å². The Labute approximate surface area is 110 Å². The molecule has 1 aromatic carbocycles. The number of nitrogens with one attached hydrogen (secondary N) is 1. The van der Waals surface area contributed by atoms with E-state index >= 15 is 0 Å². The van der Waals surface area contributed by atoms with E-state index in [0.717, 1.165) is 5.56 Å². The summed E-state index contributed by atoms with van der Waals surface area (Å²) in [6.45, 7) is 0.124. The lowest BCUT2D eigenvalue weighted by atomic mass is 10.2. The van der Waals surface area contributed by atoms with E-state index in [-0.39, 0.29) is 6.61 Å². The van der Waals surface area contributed by atoms with Gasteiger partial charge in [0.05, 0.1) is 5.02 Å². The maximum Gasteiger partial charge on any atom is 0.142 e. The maximum absolute atomic E-state index is 12.1. The minimum atomic E-state index is -0.533. The molecule has 0 spiro atoms. The molecule has 1 N–H and O–H groups in total. The van der Waals surface area contributed by atoms with Crippen molar-refractivity contribution in [2.24, 2.45) is 0 Å². The van der Waals surface area contributed by atoms with Gasteiger partial charge in [0.2, 0.25) is 0 Å². The third-order valence-electron chi connectivity index (χ3n) is 2.57. The maximum atomic E-state index is 12.1. The predicted octanol–water partition coefficient (Wildman–Crippen LogP) is 3.59. The summed E-state index contributed by atoms with van der Waals surface area (Å²) in [6.07, 6.45) is 2.41. The van der Waals surface area contributed by atoms with E-state index in [1.54, 1.807) is 12.1 Å². The molecule has 0 unspecified atom stereocenters. The summed E-state index contributed by atoms with van der Waals surface area (Å²) >= 11 is 12.0. The molecule has 0 saturated heterocycles. The summed E-state index contributed by atoms with van der Waals surface area (Å²) in [5.74, 6) is 0.530. The predicted molar refractivity (Wildman–Crippen MR) is 67.8 cm³/mol. The van der Waals surface area contributed by atoms with E-state index < -0.39 is 6.67 Å². The minimum absolute atomic E-state index is 0.0117. The highest BCUT2D eigenvalue weighted by Gasteiger charge is 2.21. The zero-order valence-electron chi connectivity index (χ0n) is 9.31. The van der Waals surface area contributed by atoms with Crippen molar-refractivity contribution in [2.45, 2.75) is 25.4 Å². The number of benzene rings is 1. The van der Waals surface area contributed by atoms with Crippen molar-refractivity contribution in [1.82, 2.24) is 5.32 Å². The fourth-order valence-corrected chi connectivity index (χ4v) is 2.18. The first-order chi connectivity index (χ1) is 8.20. The fourth-order valence-electron chi connectivity index (χ4n) is 1.59. The topological polar surface area (TPSA) is 21.3 Å². The molecule has 1 aromatic rings. The summed E-state index contributed by atoms with van der Waals surface area (Å²) in [5, 5.41) is 4.35. The van der Waals surface area contributed by atoms with Gasteiger partial charge < -0.3 is 10.1 Å². The van der Waals surface area contributed by atoms with Crippen LogP contribution in [0.15, 0.2) is 12.1 Å². The number of ether oxygens (including phenoxy) is 1. The van der Waals surface area contributed by atoms with Crippen LogP contribution < -0.4 is 10.1 Å². The third kappa shape index (κ3) is 3.73. The zero-order valence-corrected chi connectivity index (χ0v) is 10.8. The van der Waals surface area contributed by atoms with Crippen LogP contribution in [0, 0.1) is 0 Å². The molecule has 0 aromatic heterocycles. The van der Waals surface area contributed by atoms with Crippen LogP contribution in [0.5, 0.6) is 5.75 Å². The zero-order chi connectivity index (χ0) is 12.3. The van der Waals surface area contributed by atoms with Gasteiger partial charge in [0.15, 0.2) is 0 Å². The highest BCUT2D eigenvalue weighted by Crippen LogP contribution is 2.33. The van der Waals surface area contributed by atoms with Crippen LogP contribution in [0.2, 0.25) is 10.0 Å². The number of hydrogen-bond acceptors (Lipinski definition) is 2. The van der Waals surface area contributed by atoms with Crippen LogP contribution in [0.3, 0.4) is 0 Å². The van der Waals surface area contributed by atoms with Crippen LogP contribution in [-0.2, 0) is 6.54 Å². The minimum Gasteiger partial charge on any atom is -0.489 e. The molecule has 0 radical (unpaired) electrons. The number of halogens is 3. The summed E-state index contributed by atoms with van der Waals surface area (Å²) in [6, 6.07) is 4.00. The molecule has 1 aliphatic carbocycles. The molecular formula is C12H14Cl2FNO. The van der Waals surface area contributed by atoms with E-state index in [1.165, 1.54) is 12.8 Å². The van der Waals surface area contributed by atoms with E-state index in [1.807, 2.05) is 0 Å². The number of alkyl halides is 1. The molecule has 94 valence electrons. The highest BCUT2D eigenvalue weighted by molar-refractivity contribution is 6.35. The first kappa shape index (κ1) is 12.9. The lowest BCUT2D eigenvalue weighted by Gasteiger charge is -2.13. The largest absolute Gasteiger partial charge is 0.489 e. The van der Waals surface area contributed by atoms with Gasteiger partial charge in [-0.15, -0.1) is 0 Å². The summed E-state index contributed by atoms with van der Waals surface area (Å²) < 4.78 is 17.5. The van der Waals surface area contributed by atoms with Gasteiger partial charge >= 0.3 is 0 Å². The molecule has 0 heterocycles. The Bertz CT molecular complexity index is 396. The molecule has 5 heteroatoms. The molecule has 1 aliphatic rings. The van der Waals surface area contributed by atoms with E-state index in [0.29, 0.717) is 28.4 Å². The second-order valence-electron chi connectivity index (χ2n) is 4.07. The van der Waals surface area contributed by atoms with E-state index in [9.17, 15) is 4.39 Å². The summed E-state index contributed by atoms with van der Waals surface area (Å²) in [5.41, 5.74) is 0.878. The van der Waals surface area contributed by atoms with Crippen LogP contribution in [0.25, 0.3) is 0 Å². The average molecular weight is 278 g/mol. The number of hydrogen-bond donors (Lipinski definition) is 1. The Morgan fingerprint density at radius 1 is 1.35 bits per heavy atom.